The molecule has 0 atom stereocenters. The number of nitrogen functional groups attached to an aromatic ring is 1. The molecular weight excluding hydrogens is 226 g/mol. The molecular formula is C13H21N5. The zero-order chi connectivity index (χ0) is 12.5. The van der Waals surface area contributed by atoms with Gasteiger partial charge >= 0.3 is 0 Å². The first-order chi connectivity index (χ1) is 8.75. The fourth-order valence-corrected chi connectivity index (χ4v) is 2.63. The van der Waals surface area contributed by atoms with Crippen LogP contribution in [0.2, 0.25) is 0 Å². The highest BCUT2D eigenvalue weighted by atomic mass is 15.3. The van der Waals surface area contributed by atoms with Crippen molar-refractivity contribution in [3.8, 4) is 0 Å². The van der Waals surface area contributed by atoms with E-state index in [1.807, 2.05) is 6.20 Å². The maximum atomic E-state index is 6.04. The summed E-state index contributed by atoms with van der Waals surface area (Å²) < 4.78 is 0. The minimum absolute atomic E-state index is 0.525. The van der Waals surface area contributed by atoms with Crippen LogP contribution in [0, 0.1) is 0 Å². The minimum Gasteiger partial charge on any atom is -0.383 e. The molecule has 18 heavy (non-hydrogen) atoms. The Bertz CT molecular complexity index is 423. The summed E-state index contributed by atoms with van der Waals surface area (Å²) in [5.74, 6) is 2.05. The summed E-state index contributed by atoms with van der Waals surface area (Å²) in [6.45, 7) is 2.15. The van der Waals surface area contributed by atoms with Crippen molar-refractivity contribution in [2.75, 3.05) is 30.8 Å². The van der Waals surface area contributed by atoms with Crippen LogP contribution in [0.1, 0.15) is 37.2 Å². The number of nitrogens with one attached hydrogen (secondary N) is 1. The Morgan fingerprint density at radius 2 is 2.00 bits per heavy atom. The van der Waals surface area contributed by atoms with Crippen molar-refractivity contribution in [1.82, 2.24) is 15.3 Å². The van der Waals surface area contributed by atoms with Crippen molar-refractivity contribution < 1.29 is 0 Å². The zero-order valence-electron chi connectivity index (χ0n) is 10.9. The van der Waals surface area contributed by atoms with Gasteiger partial charge in [0.05, 0.1) is 0 Å². The van der Waals surface area contributed by atoms with Gasteiger partial charge in [0.25, 0.3) is 0 Å². The summed E-state index contributed by atoms with van der Waals surface area (Å²) in [5, 5.41) is 3.37. The summed E-state index contributed by atoms with van der Waals surface area (Å²) >= 11 is 0. The quantitative estimate of drug-likeness (QED) is 0.838. The molecule has 2 fully saturated rings. The topological polar surface area (TPSA) is 67.1 Å². The van der Waals surface area contributed by atoms with Crippen LogP contribution in [-0.4, -0.2) is 36.1 Å². The van der Waals surface area contributed by atoms with Crippen LogP contribution in [0.25, 0.3) is 0 Å². The molecule has 5 nitrogen and oxygen atoms in total. The lowest BCUT2D eigenvalue weighted by molar-refractivity contribution is 0.439. The Morgan fingerprint density at radius 3 is 2.61 bits per heavy atom. The smallest absolute Gasteiger partial charge is 0.227 e. The van der Waals surface area contributed by atoms with Gasteiger partial charge in [0.2, 0.25) is 5.95 Å². The number of hydrogen-bond acceptors (Lipinski definition) is 5. The summed E-state index contributed by atoms with van der Waals surface area (Å²) in [7, 11) is 2.07. The molecule has 0 aromatic carbocycles. The Hall–Kier alpha value is -1.36. The third kappa shape index (κ3) is 2.27. The molecule has 98 valence electrons. The fraction of sp³-hybridized carbons (Fsp3) is 0.692. The van der Waals surface area contributed by atoms with E-state index in [0.29, 0.717) is 17.8 Å². The Balaban J connectivity index is 1.76. The van der Waals surface area contributed by atoms with Crippen LogP contribution in [0.4, 0.5) is 11.8 Å². The molecule has 2 aliphatic rings. The van der Waals surface area contributed by atoms with Crippen LogP contribution in [0.3, 0.4) is 0 Å². The third-order valence-corrected chi connectivity index (χ3v) is 4.02. The fourth-order valence-electron chi connectivity index (χ4n) is 2.63. The number of piperidine rings is 1. The number of nitrogens with two attached hydrogens (primary N) is 1. The van der Waals surface area contributed by atoms with E-state index < -0.39 is 0 Å². The molecule has 3 rings (SSSR count). The molecule has 0 spiro atoms. The first kappa shape index (κ1) is 11.7. The molecule has 1 aromatic rings. The SMILES string of the molecule is CN(c1ncc(C2CC2)c(N)n1)C1CCNCC1. The second-order valence-electron chi connectivity index (χ2n) is 5.38. The van der Waals surface area contributed by atoms with Gasteiger partial charge < -0.3 is 16.0 Å². The average Bonchev–Trinajstić information content (AvgIpc) is 3.23. The molecule has 3 N–H and O–H groups in total. The van der Waals surface area contributed by atoms with E-state index in [1.54, 1.807) is 0 Å². The van der Waals surface area contributed by atoms with Crippen molar-refractivity contribution in [2.24, 2.45) is 0 Å². The molecule has 1 aliphatic carbocycles. The molecule has 0 radical (unpaired) electrons. The first-order valence-electron chi connectivity index (χ1n) is 6.81. The zero-order valence-corrected chi connectivity index (χ0v) is 10.9. The van der Waals surface area contributed by atoms with E-state index >= 15 is 0 Å². The Kier molecular flexibility index (Phi) is 3.07. The van der Waals surface area contributed by atoms with Gasteiger partial charge in [-0.2, -0.15) is 4.98 Å². The highest BCUT2D eigenvalue weighted by Crippen LogP contribution is 2.42. The van der Waals surface area contributed by atoms with E-state index in [-0.39, 0.29) is 0 Å². The van der Waals surface area contributed by atoms with Crippen molar-refractivity contribution >= 4 is 11.8 Å². The number of nitrogens with zero attached hydrogens (tertiary/aromatic N) is 3. The molecule has 0 unspecified atom stereocenters. The number of hydrogen-bond donors (Lipinski definition) is 2. The van der Waals surface area contributed by atoms with Gasteiger partial charge in [-0.05, 0) is 44.7 Å². The second kappa shape index (κ2) is 4.72. The van der Waals surface area contributed by atoms with E-state index in [9.17, 15) is 0 Å². The molecule has 1 saturated carbocycles. The highest BCUT2D eigenvalue weighted by molar-refractivity contribution is 5.47. The highest BCUT2D eigenvalue weighted by Gasteiger charge is 2.27. The molecule has 1 saturated heterocycles. The maximum Gasteiger partial charge on any atom is 0.227 e. The lowest BCUT2D eigenvalue weighted by Gasteiger charge is -2.31. The summed E-state index contributed by atoms with van der Waals surface area (Å²) in [6.07, 6.45) is 6.68. The predicted molar refractivity (Wildman–Crippen MR) is 72.7 cm³/mol. The van der Waals surface area contributed by atoms with E-state index in [0.717, 1.165) is 37.4 Å². The van der Waals surface area contributed by atoms with Gasteiger partial charge in [0.1, 0.15) is 5.82 Å². The lowest BCUT2D eigenvalue weighted by Crippen LogP contribution is -2.42. The van der Waals surface area contributed by atoms with Crippen LogP contribution in [0.5, 0.6) is 0 Å². The maximum absolute atomic E-state index is 6.04. The van der Waals surface area contributed by atoms with Gasteiger partial charge in [0, 0.05) is 24.8 Å². The minimum atomic E-state index is 0.525. The predicted octanol–water partition coefficient (Wildman–Crippen LogP) is 1.12. The van der Waals surface area contributed by atoms with Gasteiger partial charge in [-0.3, -0.25) is 0 Å². The van der Waals surface area contributed by atoms with E-state index in [4.69, 9.17) is 5.73 Å². The van der Waals surface area contributed by atoms with Crippen LogP contribution in [0.15, 0.2) is 6.20 Å². The second-order valence-corrected chi connectivity index (χ2v) is 5.38. The Labute approximate surface area is 108 Å². The van der Waals surface area contributed by atoms with Gasteiger partial charge in [-0.1, -0.05) is 0 Å². The van der Waals surface area contributed by atoms with Crippen LogP contribution in [-0.2, 0) is 0 Å². The van der Waals surface area contributed by atoms with E-state index in [2.05, 4.69) is 27.2 Å². The molecule has 0 amide bonds. The average molecular weight is 247 g/mol. The van der Waals surface area contributed by atoms with Crippen molar-refractivity contribution in [3.05, 3.63) is 11.8 Å². The lowest BCUT2D eigenvalue weighted by atomic mass is 10.1. The normalized spacial score (nSPS) is 20.9. The summed E-state index contributed by atoms with van der Waals surface area (Å²) in [5.41, 5.74) is 7.18. The van der Waals surface area contributed by atoms with E-state index in [1.165, 1.54) is 12.8 Å². The summed E-state index contributed by atoms with van der Waals surface area (Å²) in [4.78, 5) is 11.1. The molecule has 0 bridgehead atoms. The largest absolute Gasteiger partial charge is 0.383 e. The number of aromatic nitrogens is 2. The first-order valence-corrected chi connectivity index (χ1v) is 6.81. The van der Waals surface area contributed by atoms with Crippen LogP contribution >= 0.6 is 0 Å². The summed E-state index contributed by atoms with van der Waals surface area (Å²) in [6, 6.07) is 0.525. The number of anilines is 2. The van der Waals surface area contributed by atoms with Gasteiger partial charge in [-0.25, -0.2) is 4.98 Å². The Morgan fingerprint density at radius 1 is 1.28 bits per heavy atom. The molecule has 5 heteroatoms. The monoisotopic (exact) mass is 247 g/mol. The van der Waals surface area contributed by atoms with Crippen molar-refractivity contribution in [2.45, 2.75) is 37.6 Å². The van der Waals surface area contributed by atoms with Gasteiger partial charge in [-0.15, -0.1) is 0 Å². The van der Waals surface area contributed by atoms with Gasteiger partial charge in [0.15, 0.2) is 0 Å². The van der Waals surface area contributed by atoms with Crippen molar-refractivity contribution in [3.63, 3.8) is 0 Å². The third-order valence-electron chi connectivity index (χ3n) is 4.02. The molecule has 1 aliphatic heterocycles. The molecule has 1 aromatic heterocycles. The number of rotatable bonds is 3. The van der Waals surface area contributed by atoms with Crippen molar-refractivity contribution in [1.29, 1.82) is 0 Å². The molecule has 2 heterocycles. The van der Waals surface area contributed by atoms with Crippen LogP contribution < -0.4 is 16.0 Å². The standard InChI is InChI=1S/C13H21N5/c1-18(10-4-6-15-7-5-10)13-16-8-11(9-2-3-9)12(14)17-13/h8-10,15H,2-7H2,1H3,(H2,14,16,17).